The molecule has 26 heavy (non-hydrogen) atoms. The summed E-state index contributed by atoms with van der Waals surface area (Å²) in [5, 5.41) is 5.09. The molecule has 6 nitrogen and oxygen atoms in total. The van der Waals surface area contributed by atoms with E-state index in [1.807, 2.05) is 0 Å². The van der Waals surface area contributed by atoms with Crippen LogP contribution in [0.3, 0.4) is 0 Å². The van der Waals surface area contributed by atoms with Crippen LogP contribution in [0.2, 0.25) is 10.0 Å². The van der Waals surface area contributed by atoms with Gasteiger partial charge in [-0.05, 0) is 30.3 Å². The van der Waals surface area contributed by atoms with Crippen LogP contribution >= 0.6 is 23.2 Å². The maximum Gasteiger partial charge on any atom is 0.328 e. The van der Waals surface area contributed by atoms with Crippen LogP contribution in [0.5, 0.6) is 0 Å². The Labute approximate surface area is 157 Å². The van der Waals surface area contributed by atoms with Gasteiger partial charge in [-0.1, -0.05) is 35.3 Å². The number of nitrogens with zero attached hydrogens (tertiary/aromatic N) is 1. The summed E-state index contributed by atoms with van der Waals surface area (Å²) in [7, 11) is 0. The first-order valence-corrected chi connectivity index (χ1v) is 8.26. The van der Waals surface area contributed by atoms with Crippen molar-refractivity contribution in [3.63, 3.8) is 0 Å². The molecule has 1 heterocycles. The zero-order valence-electron chi connectivity index (χ0n) is 13.1. The molecule has 1 aliphatic rings. The number of halogens is 3. The number of benzene rings is 2. The first kappa shape index (κ1) is 18.2. The van der Waals surface area contributed by atoms with E-state index in [1.54, 1.807) is 24.3 Å². The first-order valence-electron chi connectivity index (χ1n) is 7.50. The monoisotopic (exact) mass is 395 g/mol. The quantitative estimate of drug-likeness (QED) is 0.781. The fourth-order valence-corrected chi connectivity index (χ4v) is 2.83. The van der Waals surface area contributed by atoms with Gasteiger partial charge in [0.2, 0.25) is 11.8 Å². The lowest BCUT2D eigenvalue weighted by Crippen LogP contribution is -2.58. The zero-order valence-corrected chi connectivity index (χ0v) is 14.6. The highest BCUT2D eigenvalue weighted by atomic mass is 35.5. The molecule has 9 heteroatoms. The number of imide groups is 1. The molecule has 1 atom stereocenters. The summed E-state index contributed by atoms with van der Waals surface area (Å²) in [5.41, 5.74) is 0.411. The topological polar surface area (TPSA) is 78.5 Å². The number of nitrogens with one attached hydrogen (secondary N) is 2. The Kier molecular flexibility index (Phi) is 5.11. The van der Waals surface area contributed by atoms with Gasteiger partial charge in [-0.15, -0.1) is 0 Å². The molecule has 0 saturated carbocycles. The van der Waals surface area contributed by atoms with Crippen molar-refractivity contribution >= 4 is 52.4 Å². The number of para-hydroxylation sites is 1. The Morgan fingerprint density at radius 1 is 1.15 bits per heavy atom. The summed E-state index contributed by atoms with van der Waals surface area (Å²) in [4.78, 5) is 38.0. The van der Waals surface area contributed by atoms with Gasteiger partial charge < -0.3 is 10.6 Å². The molecule has 2 aromatic carbocycles. The maximum absolute atomic E-state index is 13.3. The molecule has 1 saturated heterocycles. The van der Waals surface area contributed by atoms with Gasteiger partial charge in [0.05, 0.1) is 21.4 Å². The van der Waals surface area contributed by atoms with Crippen LogP contribution in [0.25, 0.3) is 0 Å². The molecule has 2 aromatic rings. The van der Waals surface area contributed by atoms with E-state index in [2.05, 4.69) is 10.6 Å². The highest BCUT2D eigenvalue weighted by Crippen LogP contribution is 2.27. The molecule has 0 aliphatic carbocycles. The van der Waals surface area contributed by atoms with E-state index in [0.29, 0.717) is 10.7 Å². The Balaban J connectivity index is 1.84. The maximum atomic E-state index is 13.3. The van der Waals surface area contributed by atoms with Gasteiger partial charge >= 0.3 is 6.03 Å². The van der Waals surface area contributed by atoms with Gasteiger partial charge in [-0.25, -0.2) is 14.1 Å². The van der Waals surface area contributed by atoms with Crippen LogP contribution < -0.4 is 15.5 Å². The second kappa shape index (κ2) is 7.31. The van der Waals surface area contributed by atoms with Gasteiger partial charge in [-0.3, -0.25) is 9.59 Å². The number of anilines is 2. The van der Waals surface area contributed by atoms with Gasteiger partial charge in [0.1, 0.15) is 11.7 Å². The number of rotatable bonds is 3. The van der Waals surface area contributed by atoms with Crippen LogP contribution in [0.4, 0.5) is 20.6 Å². The van der Waals surface area contributed by atoms with Crippen LogP contribution in [0, 0.1) is 11.7 Å². The van der Waals surface area contributed by atoms with E-state index in [-0.39, 0.29) is 17.3 Å². The van der Waals surface area contributed by atoms with Gasteiger partial charge in [-0.2, -0.15) is 0 Å². The molecular weight excluding hydrogens is 384 g/mol. The van der Waals surface area contributed by atoms with Crippen molar-refractivity contribution in [1.82, 2.24) is 5.32 Å². The Bertz CT molecular complexity index is 907. The SMILES string of the molecule is O=C(Nc1ccccc1Cl)C1CNC(=O)N(c2ccc(F)c(Cl)c2)C1=O. The predicted molar refractivity (Wildman–Crippen MR) is 95.9 cm³/mol. The number of urea groups is 1. The summed E-state index contributed by atoms with van der Waals surface area (Å²) >= 11 is 11.7. The number of amides is 4. The van der Waals surface area contributed by atoms with Crippen LogP contribution in [-0.4, -0.2) is 24.4 Å². The summed E-state index contributed by atoms with van der Waals surface area (Å²) in [5.74, 6) is -3.23. The molecule has 0 bridgehead atoms. The summed E-state index contributed by atoms with van der Waals surface area (Å²) in [6.45, 7) is -0.167. The lowest BCUT2D eigenvalue weighted by atomic mass is 10.0. The van der Waals surface area contributed by atoms with Gasteiger partial charge in [0.25, 0.3) is 0 Å². The van der Waals surface area contributed by atoms with Crippen molar-refractivity contribution in [1.29, 1.82) is 0 Å². The minimum atomic E-state index is -1.17. The smallest absolute Gasteiger partial charge is 0.328 e. The van der Waals surface area contributed by atoms with Crippen LogP contribution in [0.1, 0.15) is 0 Å². The van der Waals surface area contributed by atoms with Crippen LogP contribution in [-0.2, 0) is 9.59 Å². The van der Waals surface area contributed by atoms with Gasteiger partial charge in [0, 0.05) is 6.54 Å². The fraction of sp³-hybridized carbons (Fsp3) is 0.118. The lowest BCUT2D eigenvalue weighted by Gasteiger charge is -2.30. The Hall–Kier alpha value is -2.64. The molecule has 0 radical (unpaired) electrons. The number of carbonyl (C=O) groups is 3. The number of carbonyl (C=O) groups excluding carboxylic acids is 3. The minimum Gasteiger partial charge on any atom is -0.336 e. The molecule has 0 spiro atoms. The standard InChI is InChI=1S/C17H12Cl2FN3O3/c18-11-3-1-2-4-14(11)22-15(24)10-8-21-17(26)23(16(10)25)9-5-6-13(20)12(19)7-9/h1-7,10H,8H2,(H,21,26)(H,22,24). The molecule has 3 rings (SSSR count). The average Bonchev–Trinajstić information content (AvgIpc) is 2.60. The molecule has 4 amide bonds. The van der Waals surface area contributed by atoms with Crippen molar-refractivity contribution < 1.29 is 18.8 Å². The van der Waals surface area contributed by atoms with Crippen LogP contribution in [0.15, 0.2) is 42.5 Å². The zero-order chi connectivity index (χ0) is 18.8. The van der Waals surface area contributed by atoms with Crippen molar-refractivity contribution in [2.75, 3.05) is 16.8 Å². The first-order chi connectivity index (χ1) is 12.4. The lowest BCUT2D eigenvalue weighted by molar-refractivity contribution is -0.130. The third kappa shape index (κ3) is 3.49. The van der Waals surface area contributed by atoms with E-state index in [0.717, 1.165) is 17.0 Å². The fourth-order valence-electron chi connectivity index (χ4n) is 2.47. The third-order valence-corrected chi connectivity index (χ3v) is 4.41. The number of hydrogen-bond donors (Lipinski definition) is 2. The third-order valence-electron chi connectivity index (χ3n) is 3.79. The second-order valence-electron chi connectivity index (χ2n) is 5.48. The normalized spacial score (nSPS) is 17.0. The molecule has 0 aromatic heterocycles. The summed E-state index contributed by atoms with van der Waals surface area (Å²) < 4.78 is 13.3. The highest BCUT2D eigenvalue weighted by Gasteiger charge is 2.39. The molecule has 1 fully saturated rings. The predicted octanol–water partition coefficient (Wildman–Crippen LogP) is 3.44. The molecule has 134 valence electrons. The van der Waals surface area contributed by atoms with Gasteiger partial charge in [0.15, 0.2) is 0 Å². The van der Waals surface area contributed by atoms with E-state index in [9.17, 15) is 18.8 Å². The van der Waals surface area contributed by atoms with Crippen molar-refractivity contribution in [3.05, 3.63) is 58.3 Å². The van der Waals surface area contributed by atoms with Crippen molar-refractivity contribution in [2.24, 2.45) is 5.92 Å². The largest absolute Gasteiger partial charge is 0.336 e. The highest BCUT2D eigenvalue weighted by molar-refractivity contribution is 6.34. The minimum absolute atomic E-state index is 0.0640. The average molecular weight is 396 g/mol. The van der Waals surface area contributed by atoms with E-state index in [4.69, 9.17) is 23.2 Å². The molecule has 1 unspecified atom stereocenters. The second-order valence-corrected chi connectivity index (χ2v) is 6.29. The number of hydrogen-bond acceptors (Lipinski definition) is 3. The summed E-state index contributed by atoms with van der Waals surface area (Å²) in [6.07, 6.45) is 0. The van der Waals surface area contributed by atoms with E-state index >= 15 is 0 Å². The summed E-state index contributed by atoms with van der Waals surface area (Å²) in [6, 6.07) is 9.24. The molecule has 2 N–H and O–H groups in total. The van der Waals surface area contributed by atoms with E-state index < -0.39 is 29.6 Å². The van der Waals surface area contributed by atoms with E-state index in [1.165, 1.54) is 6.07 Å². The van der Waals surface area contributed by atoms with Crippen molar-refractivity contribution in [2.45, 2.75) is 0 Å². The Morgan fingerprint density at radius 2 is 1.88 bits per heavy atom. The Morgan fingerprint density at radius 3 is 2.58 bits per heavy atom. The van der Waals surface area contributed by atoms with Crippen molar-refractivity contribution in [3.8, 4) is 0 Å². The molecule has 1 aliphatic heterocycles. The molecular formula is C17H12Cl2FN3O3.